The molecule has 0 radical (unpaired) electrons. The van der Waals surface area contributed by atoms with Gasteiger partial charge in [0.05, 0.1) is 28.9 Å². The van der Waals surface area contributed by atoms with Crippen molar-refractivity contribution in [3.8, 4) is 6.07 Å². The highest BCUT2D eigenvalue weighted by Gasteiger charge is 2.38. The van der Waals surface area contributed by atoms with Crippen LogP contribution in [0, 0.1) is 17.1 Å². The van der Waals surface area contributed by atoms with Crippen molar-refractivity contribution in [1.82, 2.24) is 20.2 Å². The fourth-order valence-corrected chi connectivity index (χ4v) is 5.12. The zero-order chi connectivity index (χ0) is 26.2. The molecular weight excluding hydrogens is 467 g/mol. The van der Waals surface area contributed by atoms with Gasteiger partial charge < -0.3 is 15.1 Å². The quantitative estimate of drug-likeness (QED) is 0.552. The van der Waals surface area contributed by atoms with Crippen LogP contribution in [0.1, 0.15) is 54.8 Å². The Bertz CT molecular complexity index is 1390. The number of aromatic nitrogens is 2. The minimum absolute atomic E-state index is 0.141. The first-order chi connectivity index (χ1) is 17.7. The van der Waals surface area contributed by atoms with E-state index < -0.39 is 5.54 Å². The van der Waals surface area contributed by atoms with E-state index in [1.54, 1.807) is 18.5 Å². The minimum atomic E-state index is -0.443. The summed E-state index contributed by atoms with van der Waals surface area (Å²) >= 11 is 0. The molecule has 1 saturated heterocycles. The summed E-state index contributed by atoms with van der Waals surface area (Å²) in [5.74, 6) is 0.580. The van der Waals surface area contributed by atoms with Crippen LogP contribution in [0.5, 0.6) is 0 Å². The lowest BCUT2D eigenvalue weighted by atomic mass is 9.98. The van der Waals surface area contributed by atoms with Crippen LogP contribution >= 0.6 is 0 Å². The summed E-state index contributed by atoms with van der Waals surface area (Å²) in [6, 6.07) is 15.6. The second-order valence-electron chi connectivity index (χ2n) is 10.2. The van der Waals surface area contributed by atoms with Gasteiger partial charge in [0.15, 0.2) is 0 Å². The Morgan fingerprint density at radius 3 is 2.51 bits per heavy atom. The molecule has 0 bridgehead atoms. The molecule has 0 unspecified atom stereocenters. The van der Waals surface area contributed by atoms with Crippen molar-refractivity contribution in [2.24, 2.45) is 0 Å². The number of nitrogens with zero attached hydrogens (tertiary/aromatic N) is 5. The molecule has 7 nitrogen and oxygen atoms in total. The molecule has 2 aromatic carbocycles. The molecule has 188 valence electrons. The summed E-state index contributed by atoms with van der Waals surface area (Å²) in [5, 5.41) is 12.1. The van der Waals surface area contributed by atoms with Gasteiger partial charge in [0, 0.05) is 31.6 Å². The average Bonchev–Trinajstić information content (AvgIpc) is 3.33. The van der Waals surface area contributed by atoms with Gasteiger partial charge in [0.2, 0.25) is 0 Å². The second-order valence-corrected chi connectivity index (χ2v) is 10.2. The van der Waals surface area contributed by atoms with E-state index in [1.165, 1.54) is 12.1 Å². The number of nitriles is 1. The summed E-state index contributed by atoms with van der Waals surface area (Å²) < 4.78 is 13.3. The average molecular weight is 497 g/mol. The Morgan fingerprint density at radius 1 is 1.11 bits per heavy atom. The van der Waals surface area contributed by atoms with Gasteiger partial charge >= 0.3 is 6.03 Å². The van der Waals surface area contributed by atoms with Gasteiger partial charge in [-0.3, -0.25) is 0 Å². The number of carbonyl (C=O) groups is 1. The van der Waals surface area contributed by atoms with Gasteiger partial charge in [-0.2, -0.15) is 5.26 Å². The Balaban J connectivity index is 1.31. The first-order valence-electron chi connectivity index (χ1n) is 12.4. The monoisotopic (exact) mass is 496 g/mol. The fraction of sp³-hybridized carbons (Fsp3) is 0.310. The molecule has 37 heavy (non-hydrogen) atoms. The second kappa shape index (κ2) is 9.66. The van der Waals surface area contributed by atoms with Crippen LogP contribution in [-0.4, -0.2) is 46.1 Å². The lowest BCUT2D eigenvalue weighted by Crippen LogP contribution is -2.63. The predicted molar refractivity (Wildman–Crippen MR) is 141 cm³/mol. The topological polar surface area (TPSA) is 85.2 Å². The summed E-state index contributed by atoms with van der Waals surface area (Å²) in [6.45, 7) is 7.82. The highest BCUT2D eigenvalue weighted by Crippen LogP contribution is 2.36. The number of piperazine rings is 1. The van der Waals surface area contributed by atoms with Crippen LogP contribution < -0.4 is 10.2 Å². The van der Waals surface area contributed by atoms with Crippen molar-refractivity contribution < 1.29 is 9.18 Å². The smallest absolute Gasteiger partial charge is 0.318 e. The number of halogens is 1. The standard InChI is InChI=1S/C29H29FN6O/c1-19(21-8-10-24(30)11-9-21)34-28(37)36-13-12-35(17-29(36,2)3)27-25-14-23(15-26(25)32-18-33-27)22-6-4-20(16-31)5-7-22/h4-11,14,18-19H,12-13,15,17H2,1-3H3,(H,34,37)/t19-/m0/s1. The maximum absolute atomic E-state index is 13.3. The highest BCUT2D eigenvalue weighted by atomic mass is 19.1. The molecule has 1 aliphatic heterocycles. The summed E-state index contributed by atoms with van der Waals surface area (Å²) in [5.41, 5.74) is 5.26. The zero-order valence-electron chi connectivity index (χ0n) is 21.2. The van der Waals surface area contributed by atoms with Gasteiger partial charge in [-0.1, -0.05) is 24.3 Å². The van der Waals surface area contributed by atoms with Gasteiger partial charge in [-0.25, -0.2) is 19.2 Å². The molecule has 1 aliphatic carbocycles. The van der Waals surface area contributed by atoms with Crippen LogP contribution in [0.4, 0.5) is 15.0 Å². The summed E-state index contributed by atoms with van der Waals surface area (Å²) in [7, 11) is 0. The SMILES string of the molecule is C[C@H](NC(=O)N1CCN(c2ncnc3c2C=C(c2ccc(C#N)cc2)C3)CC1(C)C)c1ccc(F)cc1. The van der Waals surface area contributed by atoms with Crippen LogP contribution in [0.25, 0.3) is 11.6 Å². The Labute approximate surface area is 216 Å². The molecule has 5 rings (SSSR count). The van der Waals surface area contributed by atoms with E-state index in [0.717, 1.165) is 33.8 Å². The van der Waals surface area contributed by atoms with Crippen LogP contribution in [0.3, 0.4) is 0 Å². The van der Waals surface area contributed by atoms with Crippen molar-refractivity contribution in [3.05, 3.63) is 88.6 Å². The molecule has 1 aromatic heterocycles. The van der Waals surface area contributed by atoms with Crippen LogP contribution in [-0.2, 0) is 6.42 Å². The molecule has 2 heterocycles. The van der Waals surface area contributed by atoms with Gasteiger partial charge in [0.25, 0.3) is 0 Å². The van der Waals surface area contributed by atoms with Gasteiger partial charge in [0.1, 0.15) is 18.0 Å². The number of amides is 2. The normalized spacial score (nSPS) is 17.0. The molecule has 1 N–H and O–H groups in total. The predicted octanol–water partition coefficient (Wildman–Crippen LogP) is 4.96. The number of fused-ring (bicyclic) bond motifs is 1. The first-order valence-corrected chi connectivity index (χ1v) is 12.4. The maximum Gasteiger partial charge on any atom is 0.318 e. The molecule has 1 atom stereocenters. The van der Waals surface area contributed by atoms with E-state index in [-0.39, 0.29) is 17.9 Å². The van der Waals surface area contributed by atoms with Crippen molar-refractivity contribution in [1.29, 1.82) is 5.26 Å². The minimum Gasteiger partial charge on any atom is -0.352 e. The van der Waals surface area contributed by atoms with Crippen LogP contribution in [0.15, 0.2) is 54.9 Å². The van der Waals surface area contributed by atoms with E-state index >= 15 is 0 Å². The van der Waals surface area contributed by atoms with E-state index in [1.807, 2.05) is 36.1 Å². The Kier molecular flexibility index (Phi) is 6.38. The third-order valence-corrected chi connectivity index (χ3v) is 7.16. The third kappa shape index (κ3) is 4.90. The number of nitrogens with one attached hydrogen (secondary N) is 1. The highest BCUT2D eigenvalue weighted by molar-refractivity contribution is 5.91. The molecule has 1 fully saturated rings. The third-order valence-electron chi connectivity index (χ3n) is 7.16. The number of carbonyl (C=O) groups excluding carboxylic acids is 1. The maximum atomic E-state index is 13.3. The van der Waals surface area contributed by atoms with E-state index in [0.29, 0.717) is 31.6 Å². The molecule has 0 saturated carbocycles. The Morgan fingerprint density at radius 2 is 1.84 bits per heavy atom. The fourth-order valence-electron chi connectivity index (χ4n) is 5.12. The van der Waals surface area contributed by atoms with E-state index in [2.05, 4.69) is 46.2 Å². The molecule has 2 aliphatic rings. The largest absolute Gasteiger partial charge is 0.352 e. The molecule has 3 aromatic rings. The number of benzene rings is 2. The Hall–Kier alpha value is -4.25. The lowest BCUT2D eigenvalue weighted by molar-refractivity contribution is 0.121. The van der Waals surface area contributed by atoms with Gasteiger partial charge in [-0.15, -0.1) is 0 Å². The number of hydrogen-bond acceptors (Lipinski definition) is 5. The molecule has 0 spiro atoms. The number of allylic oxidation sites excluding steroid dienone is 1. The van der Waals surface area contributed by atoms with E-state index in [4.69, 9.17) is 5.26 Å². The molecular formula is C29H29FN6O. The first kappa shape index (κ1) is 24.4. The van der Waals surface area contributed by atoms with Crippen LogP contribution in [0.2, 0.25) is 0 Å². The number of urea groups is 1. The lowest BCUT2D eigenvalue weighted by Gasteiger charge is -2.47. The van der Waals surface area contributed by atoms with Crippen molar-refractivity contribution >= 4 is 23.5 Å². The van der Waals surface area contributed by atoms with Gasteiger partial charge in [-0.05, 0) is 67.8 Å². The summed E-state index contributed by atoms with van der Waals surface area (Å²) in [4.78, 5) is 26.5. The summed E-state index contributed by atoms with van der Waals surface area (Å²) in [6.07, 6.45) is 4.46. The number of rotatable bonds is 4. The van der Waals surface area contributed by atoms with Crippen molar-refractivity contribution in [2.45, 2.75) is 38.8 Å². The van der Waals surface area contributed by atoms with Crippen molar-refractivity contribution in [2.75, 3.05) is 24.5 Å². The number of anilines is 1. The molecule has 2 amide bonds. The molecule has 8 heteroatoms. The zero-order valence-corrected chi connectivity index (χ0v) is 21.2. The van der Waals surface area contributed by atoms with Crippen molar-refractivity contribution in [3.63, 3.8) is 0 Å². The number of hydrogen-bond donors (Lipinski definition) is 1. The van der Waals surface area contributed by atoms with E-state index in [9.17, 15) is 9.18 Å².